The third-order valence-corrected chi connectivity index (χ3v) is 2.35. The second-order valence-electron chi connectivity index (χ2n) is 3.53. The van der Waals surface area contributed by atoms with Crippen LogP contribution in [0.25, 0.3) is 0 Å². The highest BCUT2D eigenvalue weighted by Gasteiger charge is 2.22. The molecule has 0 unspecified atom stereocenters. The van der Waals surface area contributed by atoms with Crippen molar-refractivity contribution in [2.45, 2.75) is 6.10 Å². The first-order valence-electron chi connectivity index (χ1n) is 5.15. The minimum absolute atomic E-state index is 0.182. The van der Waals surface area contributed by atoms with Crippen LogP contribution in [0, 0.1) is 5.82 Å². The number of ether oxygens (including phenoxy) is 1. The molecule has 0 radical (unpaired) electrons. The Balaban J connectivity index is 1.99. The van der Waals surface area contributed by atoms with Crippen molar-refractivity contribution in [1.82, 2.24) is 5.32 Å². The monoisotopic (exact) mass is 224 g/mol. The second kappa shape index (κ2) is 5.05. The Kier molecular flexibility index (Phi) is 3.48. The first-order chi connectivity index (χ1) is 7.77. The fourth-order valence-corrected chi connectivity index (χ4v) is 1.51. The first kappa shape index (κ1) is 11.0. The molecule has 1 heterocycles. The smallest absolute Gasteiger partial charge is 0.254 e. The molecule has 1 aliphatic rings. The van der Waals surface area contributed by atoms with Gasteiger partial charge in [0.1, 0.15) is 11.9 Å². The van der Waals surface area contributed by atoms with Crippen LogP contribution in [-0.2, 0) is 9.53 Å². The van der Waals surface area contributed by atoms with E-state index in [0.29, 0.717) is 13.2 Å². The zero-order valence-electron chi connectivity index (χ0n) is 8.70. The second-order valence-corrected chi connectivity index (χ2v) is 3.53. The minimum atomic E-state index is -0.548. The van der Waals surface area contributed by atoms with Crippen molar-refractivity contribution in [3.8, 4) is 0 Å². The highest BCUT2D eigenvalue weighted by molar-refractivity contribution is 5.94. The van der Waals surface area contributed by atoms with Crippen molar-refractivity contribution >= 4 is 11.6 Å². The lowest BCUT2D eigenvalue weighted by molar-refractivity contribution is -0.128. The number of nitrogens with one attached hydrogen (secondary N) is 2. The van der Waals surface area contributed by atoms with Gasteiger partial charge in [-0.2, -0.15) is 0 Å². The summed E-state index contributed by atoms with van der Waals surface area (Å²) in [6.07, 6.45) is -0.548. The zero-order chi connectivity index (χ0) is 11.4. The number of halogens is 1. The van der Waals surface area contributed by atoms with Gasteiger partial charge in [0.2, 0.25) is 0 Å². The van der Waals surface area contributed by atoms with E-state index in [1.165, 1.54) is 12.1 Å². The highest BCUT2D eigenvalue weighted by Crippen LogP contribution is 2.13. The molecule has 0 aromatic heterocycles. The van der Waals surface area contributed by atoms with Crippen molar-refractivity contribution in [3.63, 3.8) is 0 Å². The van der Waals surface area contributed by atoms with E-state index in [2.05, 4.69) is 10.6 Å². The molecule has 0 aliphatic carbocycles. The number of hydrogen-bond donors (Lipinski definition) is 2. The maximum Gasteiger partial charge on any atom is 0.254 e. The van der Waals surface area contributed by atoms with Crippen LogP contribution in [0.1, 0.15) is 0 Å². The number of carbonyl (C=O) groups excluding carboxylic acids is 1. The van der Waals surface area contributed by atoms with Crippen molar-refractivity contribution in [2.75, 3.05) is 25.0 Å². The van der Waals surface area contributed by atoms with E-state index in [-0.39, 0.29) is 11.6 Å². The molecule has 1 atom stereocenters. The summed E-state index contributed by atoms with van der Waals surface area (Å²) < 4.78 is 18.5. The first-order valence-corrected chi connectivity index (χ1v) is 5.15. The minimum Gasteiger partial charge on any atom is -0.366 e. The molecule has 1 saturated heterocycles. The van der Waals surface area contributed by atoms with Gasteiger partial charge in [-0.1, -0.05) is 12.1 Å². The molecule has 1 aromatic carbocycles. The summed E-state index contributed by atoms with van der Waals surface area (Å²) in [6, 6.07) is 6.06. The number of para-hydroxylation sites is 1. The van der Waals surface area contributed by atoms with Gasteiger partial charge >= 0.3 is 0 Å². The molecular weight excluding hydrogens is 211 g/mol. The van der Waals surface area contributed by atoms with Crippen LogP contribution in [0.4, 0.5) is 10.1 Å². The number of anilines is 1. The molecule has 5 heteroatoms. The summed E-state index contributed by atoms with van der Waals surface area (Å²) in [5, 5.41) is 5.54. The molecule has 16 heavy (non-hydrogen) atoms. The third-order valence-electron chi connectivity index (χ3n) is 2.35. The lowest BCUT2D eigenvalue weighted by atomic mass is 10.2. The Morgan fingerprint density at radius 3 is 3.00 bits per heavy atom. The molecular formula is C11H13FN2O2. The molecule has 1 aromatic rings. The van der Waals surface area contributed by atoms with Crippen molar-refractivity contribution in [3.05, 3.63) is 30.1 Å². The van der Waals surface area contributed by atoms with Crippen LogP contribution in [0.15, 0.2) is 24.3 Å². The van der Waals surface area contributed by atoms with E-state index < -0.39 is 11.9 Å². The van der Waals surface area contributed by atoms with Crippen LogP contribution < -0.4 is 10.6 Å². The maximum atomic E-state index is 13.2. The van der Waals surface area contributed by atoms with Gasteiger partial charge in [-0.05, 0) is 12.1 Å². The fraction of sp³-hybridized carbons (Fsp3) is 0.364. The number of rotatable bonds is 2. The van der Waals surface area contributed by atoms with Crippen LogP contribution in [-0.4, -0.2) is 31.7 Å². The average molecular weight is 224 g/mol. The van der Waals surface area contributed by atoms with Crippen LogP contribution >= 0.6 is 0 Å². The van der Waals surface area contributed by atoms with E-state index in [0.717, 1.165) is 6.54 Å². The van der Waals surface area contributed by atoms with E-state index in [1.807, 2.05) is 0 Å². The summed E-state index contributed by atoms with van der Waals surface area (Å²) >= 11 is 0. The molecule has 1 aliphatic heterocycles. The Labute approximate surface area is 92.8 Å². The molecule has 2 rings (SSSR count). The topological polar surface area (TPSA) is 50.4 Å². The molecule has 86 valence electrons. The summed E-state index contributed by atoms with van der Waals surface area (Å²) in [4.78, 5) is 11.7. The summed E-state index contributed by atoms with van der Waals surface area (Å²) in [6.45, 7) is 1.69. The van der Waals surface area contributed by atoms with Gasteiger partial charge in [0, 0.05) is 13.1 Å². The van der Waals surface area contributed by atoms with Crippen LogP contribution in [0.2, 0.25) is 0 Å². The quantitative estimate of drug-likeness (QED) is 0.779. The fourth-order valence-electron chi connectivity index (χ4n) is 1.51. The number of morpholine rings is 1. The SMILES string of the molecule is O=C(Nc1ccccc1F)[C@H]1CNCCO1. The zero-order valence-corrected chi connectivity index (χ0v) is 8.70. The van der Waals surface area contributed by atoms with Crippen molar-refractivity contribution in [2.24, 2.45) is 0 Å². The molecule has 1 amide bonds. The van der Waals surface area contributed by atoms with E-state index >= 15 is 0 Å². The predicted molar refractivity (Wildman–Crippen MR) is 57.6 cm³/mol. The van der Waals surface area contributed by atoms with E-state index in [1.54, 1.807) is 12.1 Å². The van der Waals surface area contributed by atoms with Gasteiger partial charge in [0.05, 0.1) is 12.3 Å². The largest absolute Gasteiger partial charge is 0.366 e. The van der Waals surface area contributed by atoms with Gasteiger partial charge < -0.3 is 15.4 Å². The van der Waals surface area contributed by atoms with Gasteiger partial charge in [0.15, 0.2) is 0 Å². The summed E-state index contributed by atoms with van der Waals surface area (Å²) in [7, 11) is 0. The van der Waals surface area contributed by atoms with Gasteiger partial charge in [0.25, 0.3) is 5.91 Å². The highest BCUT2D eigenvalue weighted by atomic mass is 19.1. The lowest BCUT2D eigenvalue weighted by Gasteiger charge is -2.22. The summed E-state index contributed by atoms with van der Waals surface area (Å²) in [5.41, 5.74) is 0.182. The van der Waals surface area contributed by atoms with Crippen LogP contribution in [0.3, 0.4) is 0 Å². The predicted octanol–water partition coefficient (Wildman–Crippen LogP) is 0.753. The number of carbonyl (C=O) groups is 1. The Morgan fingerprint density at radius 1 is 1.50 bits per heavy atom. The van der Waals surface area contributed by atoms with Gasteiger partial charge in [-0.15, -0.1) is 0 Å². The van der Waals surface area contributed by atoms with E-state index in [4.69, 9.17) is 4.74 Å². The van der Waals surface area contributed by atoms with Crippen molar-refractivity contribution in [1.29, 1.82) is 0 Å². The Bertz CT molecular complexity index is 378. The maximum absolute atomic E-state index is 13.2. The van der Waals surface area contributed by atoms with Gasteiger partial charge in [-0.25, -0.2) is 4.39 Å². The summed E-state index contributed by atoms with van der Waals surface area (Å²) in [5.74, 6) is -0.767. The number of benzene rings is 1. The molecule has 4 nitrogen and oxygen atoms in total. The molecule has 0 spiro atoms. The number of amides is 1. The normalized spacial score (nSPS) is 20.4. The van der Waals surface area contributed by atoms with Crippen molar-refractivity contribution < 1.29 is 13.9 Å². The standard InChI is InChI=1S/C11H13FN2O2/c12-8-3-1-2-4-9(8)14-11(15)10-7-13-5-6-16-10/h1-4,10,13H,5-7H2,(H,14,15)/t10-/m1/s1. The van der Waals surface area contributed by atoms with E-state index in [9.17, 15) is 9.18 Å². The third kappa shape index (κ3) is 2.56. The molecule has 0 bridgehead atoms. The molecule has 2 N–H and O–H groups in total. The van der Waals surface area contributed by atoms with Gasteiger partial charge in [-0.3, -0.25) is 4.79 Å². The lowest BCUT2D eigenvalue weighted by Crippen LogP contribution is -2.45. The Morgan fingerprint density at radius 2 is 2.31 bits per heavy atom. The average Bonchev–Trinajstić information content (AvgIpc) is 2.33. The molecule has 0 saturated carbocycles. The number of hydrogen-bond acceptors (Lipinski definition) is 3. The van der Waals surface area contributed by atoms with Crippen LogP contribution in [0.5, 0.6) is 0 Å². The Hall–Kier alpha value is -1.46. The molecule has 1 fully saturated rings.